The van der Waals surface area contributed by atoms with Crippen molar-refractivity contribution < 1.29 is 4.74 Å². The fourth-order valence-corrected chi connectivity index (χ4v) is 2.18. The number of ether oxygens (including phenoxy) is 1. The number of benzene rings is 1. The highest BCUT2D eigenvalue weighted by Gasteiger charge is 2.19. The molecule has 3 nitrogen and oxygen atoms in total. The van der Waals surface area contributed by atoms with E-state index in [-0.39, 0.29) is 5.60 Å². The minimum atomic E-state index is -0.197. The molecule has 0 bridgehead atoms. The summed E-state index contributed by atoms with van der Waals surface area (Å²) in [7, 11) is 0. The van der Waals surface area contributed by atoms with E-state index in [0.717, 1.165) is 37.2 Å². The summed E-state index contributed by atoms with van der Waals surface area (Å²) in [6, 6.07) is 8.35. The van der Waals surface area contributed by atoms with Crippen LogP contribution in [0.4, 0.5) is 0 Å². The number of fused-ring (bicyclic) bond motifs is 1. The molecular weight excluding hydrogens is 260 g/mol. The largest absolute Gasteiger partial charge is 0.471 e. The van der Waals surface area contributed by atoms with E-state index in [9.17, 15) is 0 Å². The third kappa shape index (κ3) is 3.94. The number of hydrogen-bond donors (Lipinski definition) is 1. The van der Waals surface area contributed by atoms with Gasteiger partial charge < -0.3 is 10.1 Å². The van der Waals surface area contributed by atoms with Gasteiger partial charge in [0.15, 0.2) is 0 Å². The van der Waals surface area contributed by atoms with Crippen molar-refractivity contribution in [2.45, 2.75) is 52.7 Å². The molecule has 0 fully saturated rings. The van der Waals surface area contributed by atoms with Gasteiger partial charge in [0.1, 0.15) is 5.60 Å². The number of aromatic nitrogens is 1. The smallest absolute Gasteiger partial charge is 0.221 e. The lowest BCUT2D eigenvalue weighted by molar-refractivity contribution is 0.101. The Morgan fingerprint density at radius 1 is 1.14 bits per heavy atom. The molecule has 0 unspecified atom stereocenters. The van der Waals surface area contributed by atoms with Crippen LogP contribution >= 0.6 is 0 Å². The third-order valence-corrected chi connectivity index (χ3v) is 3.81. The second-order valence-corrected chi connectivity index (χ2v) is 6.03. The summed E-state index contributed by atoms with van der Waals surface area (Å²) in [5, 5.41) is 5.75. The van der Waals surface area contributed by atoms with Gasteiger partial charge in [-0.2, -0.15) is 0 Å². The summed E-state index contributed by atoms with van der Waals surface area (Å²) >= 11 is 0. The van der Waals surface area contributed by atoms with Crippen molar-refractivity contribution in [3.05, 3.63) is 36.0 Å². The van der Waals surface area contributed by atoms with Gasteiger partial charge in [-0.05, 0) is 50.2 Å². The van der Waals surface area contributed by atoms with E-state index in [2.05, 4.69) is 56.2 Å². The number of nitrogens with zero attached hydrogens (tertiary/aromatic N) is 1. The van der Waals surface area contributed by atoms with Crippen molar-refractivity contribution in [2.75, 3.05) is 6.54 Å². The van der Waals surface area contributed by atoms with Crippen LogP contribution in [0.3, 0.4) is 0 Å². The van der Waals surface area contributed by atoms with Gasteiger partial charge >= 0.3 is 0 Å². The average Bonchev–Trinajstić information content (AvgIpc) is 2.49. The van der Waals surface area contributed by atoms with E-state index >= 15 is 0 Å². The van der Waals surface area contributed by atoms with Crippen LogP contribution in [-0.4, -0.2) is 17.1 Å². The van der Waals surface area contributed by atoms with Crippen molar-refractivity contribution in [1.82, 2.24) is 10.3 Å². The van der Waals surface area contributed by atoms with E-state index in [1.165, 1.54) is 10.9 Å². The van der Waals surface area contributed by atoms with Crippen LogP contribution in [0, 0.1) is 0 Å². The molecule has 114 valence electrons. The van der Waals surface area contributed by atoms with Gasteiger partial charge in [0.25, 0.3) is 0 Å². The van der Waals surface area contributed by atoms with Crippen LogP contribution < -0.4 is 10.1 Å². The molecule has 1 aromatic carbocycles. The summed E-state index contributed by atoms with van der Waals surface area (Å²) in [5.74, 6) is 0.733. The van der Waals surface area contributed by atoms with Crippen LogP contribution in [-0.2, 0) is 6.54 Å². The lowest BCUT2D eigenvalue weighted by Crippen LogP contribution is -2.27. The predicted molar refractivity (Wildman–Crippen MR) is 88.7 cm³/mol. The SMILES string of the molecule is CCCNCc1cnc(OC(C)(C)CC)c2ccccc12. The fourth-order valence-electron chi connectivity index (χ4n) is 2.18. The minimum Gasteiger partial charge on any atom is -0.471 e. The molecule has 3 heteroatoms. The Labute approximate surface area is 127 Å². The van der Waals surface area contributed by atoms with Gasteiger partial charge in [-0.3, -0.25) is 0 Å². The Balaban J connectivity index is 2.35. The van der Waals surface area contributed by atoms with Gasteiger partial charge in [0.2, 0.25) is 5.88 Å². The van der Waals surface area contributed by atoms with Gasteiger partial charge in [0, 0.05) is 18.1 Å². The Kier molecular flexibility index (Phi) is 5.18. The summed E-state index contributed by atoms with van der Waals surface area (Å²) < 4.78 is 6.11. The molecule has 0 amide bonds. The summed E-state index contributed by atoms with van der Waals surface area (Å²) in [4.78, 5) is 4.56. The summed E-state index contributed by atoms with van der Waals surface area (Å²) in [5.41, 5.74) is 1.03. The molecule has 1 aromatic heterocycles. The number of rotatable bonds is 7. The Hall–Kier alpha value is -1.61. The molecule has 0 aliphatic rings. The standard InChI is InChI=1S/C18H26N2O/c1-5-11-19-12-14-13-20-17(21-18(3,4)6-2)16-10-8-7-9-15(14)16/h7-10,13,19H,5-6,11-12H2,1-4H3. The van der Waals surface area contributed by atoms with Gasteiger partial charge in [0.05, 0.1) is 0 Å². The zero-order chi connectivity index (χ0) is 15.3. The number of nitrogens with one attached hydrogen (secondary N) is 1. The van der Waals surface area contributed by atoms with Crippen LogP contribution in [0.5, 0.6) is 5.88 Å². The molecule has 0 radical (unpaired) electrons. The maximum Gasteiger partial charge on any atom is 0.221 e. The normalized spacial score (nSPS) is 11.8. The van der Waals surface area contributed by atoms with E-state index in [1.54, 1.807) is 0 Å². The lowest BCUT2D eigenvalue weighted by Gasteiger charge is -2.25. The molecule has 0 aliphatic heterocycles. The maximum absolute atomic E-state index is 6.11. The third-order valence-electron chi connectivity index (χ3n) is 3.81. The first-order valence-corrected chi connectivity index (χ1v) is 7.83. The van der Waals surface area contributed by atoms with Gasteiger partial charge in [-0.15, -0.1) is 0 Å². The molecule has 2 aromatic rings. The molecule has 0 saturated carbocycles. The van der Waals surface area contributed by atoms with Crippen LogP contribution in [0.2, 0.25) is 0 Å². The molecule has 21 heavy (non-hydrogen) atoms. The van der Waals surface area contributed by atoms with Crippen LogP contribution in [0.25, 0.3) is 10.8 Å². The monoisotopic (exact) mass is 286 g/mol. The van der Waals surface area contributed by atoms with Crippen molar-refractivity contribution in [2.24, 2.45) is 0 Å². The number of pyridine rings is 1. The first kappa shape index (κ1) is 15.8. The van der Waals surface area contributed by atoms with Crippen LogP contribution in [0.15, 0.2) is 30.5 Å². The molecule has 2 rings (SSSR count). The van der Waals surface area contributed by atoms with E-state index in [0.29, 0.717) is 0 Å². The Morgan fingerprint density at radius 2 is 1.86 bits per heavy atom. The second kappa shape index (κ2) is 6.90. The van der Waals surface area contributed by atoms with E-state index in [1.807, 2.05) is 12.3 Å². The van der Waals surface area contributed by atoms with Gasteiger partial charge in [-0.1, -0.05) is 32.0 Å². The van der Waals surface area contributed by atoms with Crippen molar-refractivity contribution in [3.63, 3.8) is 0 Å². The van der Waals surface area contributed by atoms with E-state index < -0.39 is 0 Å². The minimum absolute atomic E-state index is 0.197. The molecule has 0 atom stereocenters. The molecular formula is C18H26N2O. The molecule has 0 saturated heterocycles. The van der Waals surface area contributed by atoms with Crippen molar-refractivity contribution in [1.29, 1.82) is 0 Å². The van der Waals surface area contributed by atoms with Crippen molar-refractivity contribution in [3.8, 4) is 5.88 Å². The van der Waals surface area contributed by atoms with Crippen molar-refractivity contribution >= 4 is 10.8 Å². The average molecular weight is 286 g/mol. The predicted octanol–water partition coefficient (Wildman–Crippen LogP) is 4.30. The highest BCUT2D eigenvalue weighted by atomic mass is 16.5. The lowest BCUT2D eigenvalue weighted by atomic mass is 10.1. The fraction of sp³-hybridized carbons (Fsp3) is 0.500. The Bertz CT molecular complexity index is 593. The summed E-state index contributed by atoms with van der Waals surface area (Å²) in [6.07, 6.45) is 4.02. The van der Waals surface area contributed by atoms with Gasteiger partial charge in [-0.25, -0.2) is 4.98 Å². The zero-order valence-corrected chi connectivity index (χ0v) is 13.6. The number of hydrogen-bond acceptors (Lipinski definition) is 3. The molecule has 1 N–H and O–H groups in total. The quantitative estimate of drug-likeness (QED) is 0.770. The zero-order valence-electron chi connectivity index (χ0n) is 13.6. The topological polar surface area (TPSA) is 34.2 Å². The molecule has 1 heterocycles. The molecule has 0 spiro atoms. The second-order valence-electron chi connectivity index (χ2n) is 6.03. The van der Waals surface area contributed by atoms with Crippen LogP contribution in [0.1, 0.15) is 46.1 Å². The molecule has 0 aliphatic carbocycles. The summed E-state index contributed by atoms with van der Waals surface area (Å²) in [6.45, 7) is 10.4. The maximum atomic E-state index is 6.11. The van der Waals surface area contributed by atoms with E-state index in [4.69, 9.17) is 4.74 Å². The Morgan fingerprint density at radius 3 is 2.52 bits per heavy atom. The first-order valence-electron chi connectivity index (χ1n) is 7.83. The highest BCUT2D eigenvalue weighted by Crippen LogP contribution is 2.29. The first-order chi connectivity index (χ1) is 10.1. The highest BCUT2D eigenvalue weighted by molar-refractivity contribution is 5.89.